The van der Waals surface area contributed by atoms with Crippen LogP contribution in [0.15, 0.2) is 16.9 Å². The van der Waals surface area contributed by atoms with Gasteiger partial charge in [-0.2, -0.15) is 5.10 Å². The molecule has 3 unspecified atom stereocenters. The molecule has 4 rings (SSSR count). The largest absolute Gasteiger partial charge is 0.391 e. The smallest absolute Gasteiger partial charge is 0.267 e. The second-order valence-corrected chi connectivity index (χ2v) is 8.84. The van der Waals surface area contributed by atoms with Gasteiger partial charge in [-0.3, -0.25) is 4.79 Å². The van der Waals surface area contributed by atoms with Gasteiger partial charge in [0.25, 0.3) is 5.56 Å². The molecule has 0 radical (unpaired) electrons. The van der Waals surface area contributed by atoms with E-state index in [-0.39, 0.29) is 30.9 Å². The van der Waals surface area contributed by atoms with E-state index >= 15 is 0 Å². The van der Waals surface area contributed by atoms with Crippen molar-refractivity contribution in [3.05, 3.63) is 22.5 Å². The number of aromatic nitrogens is 2. The van der Waals surface area contributed by atoms with Gasteiger partial charge >= 0.3 is 0 Å². The van der Waals surface area contributed by atoms with Gasteiger partial charge < -0.3 is 29.9 Å². The van der Waals surface area contributed by atoms with Gasteiger partial charge in [0.05, 0.1) is 38.6 Å². The quantitative estimate of drug-likeness (QED) is 0.590. The highest BCUT2D eigenvalue weighted by molar-refractivity contribution is 5.39. The van der Waals surface area contributed by atoms with Crippen LogP contribution in [0.3, 0.4) is 0 Å². The Bertz CT molecular complexity index is 749. The number of rotatable bonds is 6. The average molecular weight is 423 g/mol. The van der Waals surface area contributed by atoms with E-state index in [1.54, 1.807) is 12.1 Å². The standard InChI is InChI=1S/C21H34N4O5/c26-18-6-3-5-17(18)25-20(27)8-7-19(23-25)24-9-2-1-4-16(24)12-22-13-21(28)14-29-10-11-30-15-21/h7-8,16-18,22,26,28H,1-6,9-15H2. The number of hydrogen-bond donors (Lipinski definition) is 3. The minimum absolute atomic E-state index is 0.160. The van der Waals surface area contributed by atoms with E-state index in [0.717, 1.165) is 50.9 Å². The maximum absolute atomic E-state index is 12.4. The van der Waals surface area contributed by atoms with Crippen molar-refractivity contribution in [1.29, 1.82) is 0 Å². The van der Waals surface area contributed by atoms with E-state index in [4.69, 9.17) is 9.47 Å². The van der Waals surface area contributed by atoms with Gasteiger partial charge in [-0.05, 0) is 44.6 Å². The van der Waals surface area contributed by atoms with Crippen LogP contribution in [0.5, 0.6) is 0 Å². The average Bonchev–Trinajstić information content (AvgIpc) is 3.05. The number of nitrogens with one attached hydrogen (secondary N) is 1. The van der Waals surface area contributed by atoms with Crippen molar-refractivity contribution >= 4 is 5.82 Å². The summed E-state index contributed by atoms with van der Waals surface area (Å²) in [4.78, 5) is 14.6. The molecule has 3 fully saturated rings. The summed E-state index contributed by atoms with van der Waals surface area (Å²) in [6, 6.07) is 3.35. The van der Waals surface area contributed by atoms with Crippen molar-refractivity contribution in [3.63, 3.8) is 0 Å². The molecule has 1 saturated carbocycles. The number of anilines is 1. The molecule has 9 heteroatoms. The molecule has 30 heavy (non-hydrogen) atoms. The van der Waals surface area contributed by atoms with E-state index in [1.807, 2.05) is 0 Å². The summed E-state index contributed by atoms with van der Waals surface area (Å²) in [5.41, 5.74) is -1.17. The highest BCUT2D eigenvalue weighted by Crippen LogP contribution is 2.29. The molecule has 1 aromatic heterocycles. The maximum Gasteiger partial charge on any atom is 0.267 e. The van der Waals surface area contributed by atoms with Crippen LogP contribution >= 0.6 is 0 Å². The number of piperidine rings is 1. The summed E-state index contributed by atoms with van der Waals surface area (Å²) in [6.45, 7) is 3.54. The Labute approximate surface area is 177 Å². The molecule has 0 spiro atoms. The van der Waals surface area contributed by atoms with Crippen molar-refractivity contribution < 1.29 is 19.7 Å². The molecule has 9 nitrogen and oxygen atoms in total. The molecule has 168 valence electrons. The predicted molar refractivity (Wildman–Crippen MR) is 112 cm³/mol. The van der Waals surface area contributed by atoms with E-state index in [0.29, 0.717) is 26.3 Å². The van der Waals surface area contributed by atoms with Gasteiger partial charge in [-0.15, -0.1) is 0 Å². The molecule has 3 N–H and O–H groups in total. The van der Waals surface area contributed by atoms with Crippen molar-refractivity contribution in [2.24, 2.45) is 0 Å². The van der Waals surface area contributed by atoms with Crippen LogP contribution in [0.2, 0.25) is 0 Å². The van der Waals surface area contributed by atoms with Gasteiger partial charge in [0.15, 0.2) is 0 Å². The van der Waals surface area contributed by atoms with Gasteiger partial charge in [0.2, 0.25) is 0 Å². The fourth-order valence-electron chi connectivity index (χ4n) is 4.78. The van der Waals surface area contributed by atoms with Crippen molar-refractivity contribution in [3.8, 4) is 0 Å². The summed E-state index contributed by atoms with van der Waals surface area (Å²) in [7, 11) is 0. The van der Waals surface area contributed by atoms with Crippen LogP contribution in [-0.4, -0.2) is 83.8 Å². The lowest BCUT2D eigenvalue weighted by molar-refractivity contribution is -0.0531. The molecule has 3 atom stereocenters. The number of aliphatic hydroxyl groups excluding tert-OH is 1. The molecule has 1 aromatic rings. The Hall–Kier alpha value is -1.52. The lowest BCUT2D eigenvalue weighted by Gasteiger charge is -2.37. The first-order valence-corrected chi connectivity index (χ1v) is 11.2. The summed E-state index contributed by atoms with van der Waals surface area (Å²) in [5, 5.41) is 29.0. The molecule has 0 bridgehead atoms. The minimum Gasteiger partial charge on any atom is -0.391 e. The zero-order valence-electron chi connectivity index (χ0n) is 17.5. The molecule has 3 aliphatic rings. The number of hydrogen-bond acceptors (Lipinski definition) is 8. The first-order chi connectivity index (χ1) is 14.6. The lowest BCUT2D eigenvalue weighted by atomic mass is 10.0. The molecule has 1 aliphatic carbocycles. The summed E-state index contributed by atoms with van der Waals surface area (Å²) >= 11 is 0. The zero-order chi connectivity index (χ0) is 21.0. The molecular formula is C21H34N4O5. The normalized spacial score (nSPS) is 29.7. The third kappa shape index (κ3) is 5.03. The van der Waals surface area contributed by atoms with E-state index in [9.17, 15) is 15.0 Å². The lowest BCUT2D eigenvalue weighted by Crippen LogP contribution is -2.52. The highest BCUT2D eigenvalue weighted by Gasteiger charge is 2.32. The summed E-state index contributed by atoms with van der Waals surface area (Å²) in [6.07, 6.45) is 5.15. The van der Waals surface area contributed by atoms with E-state index in [1.165, 1.54) is 4.68 Å². The predicted octanol–water partition coefficient (Wildman–Crippen LogP) is 0.0556. The molecule has 0 amide bonds. The highest BCUT2D eigenvalue weighted by atomic mass is 16.6. The number of nitrogens with zero attached hydrogens (tertiary/aromatic N) is 3. The van der Waals surface area contributed by atoms with Crippen LogP contribution in [-0.2, 0) is 9.47 Å². The van der Waals surface area contributed by atoms with Crippen molar-refractivity contribution in [2.75, 3.05) is 51.0 Å². The van der Waals surface area contributed by atoms with Gasteiger partial charge in [0.1, 0.15) is 11.4 Å². The second-order valence-electron chi connectivity index (χ2n) is 8.84. The summed E-state index contributed by atoms with van der Waals surface area (Å²) < 4.78 is 12.4. The minimum atomic E-state index is -1.01. The Morgan fingerprint density at radius 2 is 1.93 bits per heavy atom. The monoisotopic (exact) mass is 422 g/mol. The molecule has 0 aromatic carbocycles. The Morgan fingerprint density at radius 3 is 2.67 bits per heavy atom. The fraction of sp³-hybridized carbons (Fsp3) is 0.810. The first kappa shape index (κ1) is 21.7. The molecule has 3 heterocycles. The number of aliphatic hydroxyl groups is 2. The Balaban J connectivity index is 1.43. The van der Waals surface area contributed by atoms with Crippen LogP contribution in [0.1, 0.15) is 44.6 Å². The SMILES string of the molecule is O=c1ccc(N2CCCCC2CNCC2(O)COCCOC2)nn1C1CCCC1O. The molecule has 2 aliphatic heterocycles. The molecular weight excluding hydrogens is 388 g/mol. The van der Waals surface area contributed by atoms with E-state index < -0.39 is 11.7 Å². The van der Waals surface area contributed by atoms with Crippen LogP contribution in [0.25, 0.3) is 0 Å². The van der Waals surface area contributed by atoms with E-state index in [2.05, 4.69) is 15.3 Å². The van der Waals surface area contributed by atoms with Gasteiger partial charge in [0, 0.05) is 31.7 Å². The number of ether oxygens (including phenoxy) is 2. The van der Waals surface area contributed by atoms with Crippen LogP contribution in [0, 0.1) is 0 Å². The molecule has 2 saturated heterocycles. The topological polar surface area (TPSA) is 109 Å². The van der Waals surface area contributed by atoms with Gasteiger partial charge in [-0.25, -0.2) is 4.68 Å². The zero-order valence-corrected chi connectivity index (χ0v) is 17.5. The maximum atomic E-state index is 12.4. The first-order valence-electron chi connectivity index (χ1n) is 11.2. The fourth-order valence-corrected chi connectivity index (χ4v) is 4.78. The Kier molecular flexibility index (Phi) is 7.05. The summed E-state index contributed by atoms with van der Waals surface area (Å²) in [5.74, 6) is 0.778. The van der Waals surface area contributed by atoms with Crippen molar-refractivity contribution in [2.45, 2.75) is 62.3 Å². The van der Waals surface area contributed by atoms with Gasteiger partial charge in [-0.1, -0.05) is 0 Å². The third-order valence-corrected chi connectivity index (χ3v) is 6.44. The third-order valence-electron chi connectivity index (χ3n) is 6.44. The van der Waals surface area contributed by atoms with Crippen molar-refractivity contribution in [1.82, 2.24) is 15.1 Å². The van der Waals surface area contributed by atoms with Crippen LogP contribution in [0.4, 0.5) is 5.82 Å². The second kappa shape index (κ2) is 9.74. The van der Waals surface area contributed by atoms with Crippen LogP contribution < -0.4 is 15.8 Å². The Morgan fingerprint density at radius 1 is 1.13 bits per heavy atom.